The lowest BCUT2D eigenvalue weighted by molar-refractivity contribution is -0.122. The molecular formula is C8H6Br2NO2. The molecule has 0 saturated carbocycles. The number of ether oxygens (including phenoxy) is 1. The number of halogens is 2. The third-order valence-corrected chi connectivity index (χ3v) is 2.32. The molecule has 0 aliphatic rings. The van der Waals surface area contributed by atoms with Crippen molar-refractivity contribution < 1.29 is 9.53 Å². The number of benzene rings is 1. The zero-order chi connectivity index (χ0) is 9.90. The summed E-state index contributed by atoms with van der Waals surface area (Å²) in [6, 6.07) is 9.56. The number of carbonyl (C=O) groups is 1. The molecule has 0 aliphatic heterocycles. The topological polar surface area (TPSA) is 52.3 Å². The Morgan fingerprint density at radius 3 is 2.77 bits per heavy atom. The molecule has 1 aromatic rings. The normalized spacial score (nSPS) is 10.9. The van der Waals surface area contributed by atoms with Crippen molar-refractivity contribution in [2.75, 3.05) is 0 Å². The molecule has 0 atom stereocenters. The Morgan fingerprint density at radius 1 is 1.62 bits per heavy atom. The summed E-state index contributed by atoms with van der Waals surface area (Å²) in [6.45, 7) is 0. The zero-order valence-electron chi connectivity index (χ0n) is 6.46. The summed E-state index contributed by atoms with van der Waals surface area (Å²) in [5.74, 6) is -0.161. The van der Waals surface area contributed by atoms with Crippen LogP contribution in [0.1, 0.15) is 0 Å². The molecule has 0 aromatic heterocycles. The molecule has 1 radical (unpaired) electrons. The van der Waals surface area contributed by atoms with Crippen LogP contribution < -0.4 is 10.5 Å². The van der Waals surface area contributed by atoms with Gasteiger partial charge in [0.15, 0.2) is 0 Å². The number of rotatable bonds is 3. The minimum absolute atomic E-state index is 0.495. The lowest BCUT2D eigenvalue weighted by Gasteiger charge is -2.18. The summed E-state index contributed by atoms with van der Waals surface area (Å²) in [5.41, 5.74) is 5.05. The van der Waals surface area contributed by atoms with Crippen LogP contribution in [0.5, 0.6) is 5.75 Å². The molecule has 0 unspecified atom stereocenters. The van der Waals surface area contributed by atoms with Gasteiger partial charge in [-0.1, -0.05) is 12.1 Å². The molecule has 69 valence electrons. The fourth-order valence-corrected chi connectivity index (χ4v) is 1.01. The number of hydrogen-bond acceptors (Lipinski definition) is 2. The van der Waals surface area contributed by atoms with Gasteiger partial charge < -0.3 is 10.5 Å². The van der Waals surface area contributed by atoms with E-state index < -0.39 is 9.33 Å². The van der Waals surface area contributed by atoms with E-state index in [1.54, 1.807) is 24.3 Å². The van der Waals surface area contributed by atoms with E-state index in [2.05, 4.69) is 37.9 Å². The predicted octanol–water partition coefficient (Wildman–Crippen LogP) is 1.79. The van der Waals surface area contributed by atoms with Crippen molar-refractivity contribution in [3.63, 3.8) is 0 Å². The fraction of sp³-hybridized carbons (Fsp3) is 0.125. The second-order valence-electron chi connectivity index (χ2n) is 2.22. The van der Waals surface area contributed by atoms with Crippen molar-refractivity contribution in [1.29, 1.82) is 0 Å². The first-order chi connectivity index (χ1) is 6.02. The van der Waals surface area contributed by atoms with Crippen molar-refractivity contribution in [1.82, 2.24) is 0 Å². The van der Waals surface area contributed by atoms with Crippen LogP contribution in [-0.2, 0) is 4.79 Å². The van der Waals surface area contributed by atoms with E-state index in [9.17, 15) is 4.79 Å². The predicted molar refractivity (Wildman–Crippen MR) is 55.7 cm³/mol. The lowest BCUT2D eigenvalue weighted by Crippen LogP contribution is -2.37. The second-order valence-corrected chi connectivity index (χ2v) is 5.52. The Kier molecular flexibility index (Phi) is 3.33. The summed E-state index contributed by atoms with van der Waals surface area (Å²) in [6.07, 6.45) is 0. The molecule has 1 amide bonds. The van der Waals surface area contributed by atoms with Gasteiger partial charge in [-0.3, -0.25) is 4.79 Å². The van der Waals surface area contributed by atoms with Crippen molar-refractivity contribution in [3.8, 4) is 5.75 Å². The standard InChI is InChI=1S/C8H6Br2NO2/c9-8(10,7(11)12)13-6-4-2-1-3-5-6/h1-2,4-5H,(H2,11,12). The van der Waals surface area contributed by atoms with Crippen LogP contribution in [0, 0.1) is 6.07 Å². The van der Waals surface area contributed by atoms with Crippen LogP contribution in [0.25, 0.3) is 0 Å². The smallest absolute Gasteiger partial charge is 0.295 e. The third-order valence-electron chi connectivity index (χ3n) is 1.21. The second kappa shape index (κ2) is 4.11. The van der Waals surface area contributed by atoms with Gasteiger partial charge in [0.2, 0.25) is 0 Å². The van der Waals surface area contributed by atoms with E-state index >= 15 is 0 Å². The number of hydrogen-bond donors (Lipinski definition) is 1. The first-order valence-corrected chi connectivity index (χ1v) is 4.94. The van der Waals surface area contributed by atoms with Crippen LogP contribution in [0.4, 0.5) is 0 Å². The molecule has 2 N–H and O–H groups in total. The van der Waals surface area contributed by atoms with E-state index in [0.29, 0.717) is 5.75 Å². The largest absolute Gasteiger partial charge is 0.457 e. The Labute approximate surface area is 92.5 Å². The molecule has 0 saturated heterocycles. The van der Waals surface area contributed by atoms with Crippen molar-refractivity contribution >= 4 is 37.8 Å². The highest BCUT2D eigenvalue weighted by atomic mass is 79.9. The molecule has 0 aliphatic carbocycles. The van der Waals surface area contributed by atoms with E-state index in [4.69, 9.17) is 10.5 Å². The summed E-state index contributed by atoms with van der Waals surface area (Å²) in [7, 11) is 0. The number of primary amides is 1. The molecule has 13 heavy (non-hydrogen) atoms. The molecule has 0 bridgehead atoms. The van der Waals surface area contributed by atoms with Crippen LogP contribution in [-0.4, -0.2) is 9.33 Å². The van der Waals surface area contributed by atoms with Gasteiger partial charge >= 0.3 is 0 Å². The average molecular weight is 308 g/mol. The van der Waals surface area contributed by atoms with Crippen LogP contribution >= 0.6 is 31.9 Å². The molecular weight excluding hydrogens is 302 g/mol. The van der Waals surface area contributed by atoms with Crippen LogP contribution in [0.15, 0.2) is 24.3 Å². The monoisotopic (exact) mass is 306 g/mol. The summed E-state index contributed by atoms with van der Waals surface area (Å²) >= 11 is 5.98. The van der Waals surface area contributed by atoms with Gasteiger partial charge in [0.05, 0.1) is 0 Å². The first kappa shape index (κ1) is 10.5. The van der Waals surface area contributed by atoms with E-state index in [-0.39, 0.29) is 0 Å². The highest BCUT2D eigenvalue weighted by molar-refractivity contribution is 9.25. The Hall–Kier alpha value is -0.550. The van der Waals surface area contributed by atoms with Gasteiger partial charge in [-0.05, 0) is 50.1 Å². The summed E-state index contributed by atoms with van der Waals surface area (Å²) in [4.78, 5) is 10.8. The zero-order valence-corrected chi connectivity index (χ0v) is 9.63. The first-order valence-electron chi connectivity index (χ1n) is 3.35. The lowest BCUT2D eigenvalue weighted by atomic mass is 10.3. The Balaban J connectivity index is 2.75. The van der Waals surface area contributed by atoms with Crippen molar-refractivity contribution in [3.05, 3.63) is 30.3 Å². The highest BCUT2D eigenvalue weighted by Gasteiger charge is 2.32. The number of alkyl halides is 2. The molecule has 5 heteroatoms. The van der Waals surface area contributed by atoms with E-state index in [1.807, 2.05) is 0 Å². The van der Waals surface area contributed by atoms with Gasteiger partial charge in [-0.25, -0.2) is 0 Å². The maximum atomic E-state index is 10.8. The molecule has 0 spiro atoms. The number of nitrogens with two attached hydrogens (primary N) is 1. The molecule has 3 nitrogen and oxygen atoms in total. The SMILES string of the molecule is NC(=O)C(Br)(Br)Oc1c[c]ccc1. The van der Waals surface area contributed by atoms with Gasteiger partial charge in [-0.15, -0.1) is 0 Å². The number of carbonyl (C=O) groups excluding carboxylic acids is 1. The molecule has 0 heterocycles. The van der Waals surface area contributed by atoms with Crippen LogP contribution in [0.3, 0.4) is 0 Å². The quantitative estimate of drug-likeness (QED) is 0.866. The van der Waals surface area contributed by atoms with Crippen molar-refractivity contribution in [2.45, 2.75) is 3.42 Å². The Morgan fingerprint density at radius 2 is 2.31 bits per heavy atom. The summed E-state index contributed by atoms with van der Waals surface area (Å²) in [5, 5.41) is 0. The maximum Gasteiger partial charge on any atom is 0.295 e. The highest BCUT2D eigenvalue weighted by Crippen LogP contribution is 2.29. The Bertz CT molecular complexity index is 300. The van der Waals surface area contributed by atoms with E-state index in [0.717, 1.165) is 0 Å². The van der Waals surface area contributed by atoms with Gasteiger partial charge in [0.25, 0.3) is 9.33 Å². The van der Waals surface area contributed by atoms with Crippen molar-refractivity contribution in [2.24, 2.45) is 5.73 Å². The maximum absolute atomic E-state index is 10.8. The van der Waals surface area contributed by atoms with Gasteiger partial charge in [0.1, 0.15) is 5.75 Å². The average Bonchev–Trinajstić information content (AvgIpc) is 2.05. The minimum Gasteiger partial charge on any atom is -0.457 e. The molecule has 1 rings (SSSR count). The van der Waals surface area contributed by atoms with E-state index in [1.165, 1.54) is 0 Å². The third kappa shape index (κ3) is 3.00. The molecule has 0 fully saturated rings. The minimum atomic E-state index is -1.35. The van der Waals surface area contributed by atoms with Gasteiger partial charge in [0, 0.05) is 0 Å². The number of amides is 1. The summed E-state index contributed by atoms with van der Waals surface area (Å²) < 4.78 is 3.84. The fourth-order valence-electron chi connectivity index (χ4n) is 0.639. The van der Waals surface area contributed by atoms with Crippen LogP contribution in [0.2, 0.25) is 0 Å². The molecule has 1 aromatic carbocycles. The van der Waals surface area contributed by atoms with Gasteiger partial charge in [-0.2, -0.15) is 0 Å².